The van der Waals surface area contributed by atoms with Crippen molar-refractivity contribution in [3.8, 4) is 11.8 Å². The van der Waals surface area contributed by atoms with Gasteiger partial charge in [-0.05, 0) is 24.2 Å². The van der Waals surface area contributed by atoms with E-state index < -0.39 is 0 Å². The summed E-state index contributed by atoms with van der Waals surface area (Å²) < 4.78 is 11.0. The second kappa shape index (κ2) is 8.63. The molecule has 1 unspecified atom stereocenters. The predicted octanol–water partition coefficient (Wildman–Crippen LogP) is 1.40. The van der Waals surface area contributed by atoms with E-state index in [-0.39, 0.29) is 12.7 Å². The minimum atomic E-state index is 0.0878. The molecule has 5 heteroatoms. The molecule has 21 heavy (non-hydrogen) atoms. The average Bonchev–Trinajstić information content (AvgIpc) is 2.54. The van der Waals surface area contributed by atoms with Crippen molar-refractivity contribution < 1.29 is 9.47 Å². The number of likely N-dealkylation sites (N-methyl/N-ethyl adjacent to an activating group) is 1. The molecule has 0 radical (unpaired) electrons. The molecule has 1 saturated heterocycles. The quantitative estimate of drug-likeness (QED) is 0.822. The number of benzene rings is 1. The van der Waals surface area contributed by atoms with E-state index in [9.17, 15) is 0 Å². The van der Waals surface area contributed by atoms with Gasteiger partial charge >= 0.3 is 0 Å². The van der Waals surface area contributed by atoms with E-state index in [2.05, 4.69) is 17.1 Å². The Kier molecular flexibility index (Phi) is 6.48. The number of nitrogens with one attached hydrogen (secondary N) is 1. The minimum absolute atomic E-state index is 0.0878. The van der Waals surface area contributed by atoms with E-state index in [1.807, 2.05) is 30.3 Å². The zero-order valence-electron chi connectivity index (χ0n) is 12.5. The molecule has 1 aromatic carbocycles. The van der Waals surface area contributed by atoms with Crippen LogP contribution in [0.15, 0.2) is 24.3 Å². The van der Waals surface area contributed by atoms with Crippen LogP contribution in [0, 0.1) is 11.3 Å². The van der Waals surface area contributed by atoms with Crippen molar-refractivity contribution in [2.45, 2.75) is 19.6 Å². The summed E-state index contributed by atoms with van der Waals surface area (Å²) in [4.78, 5) is 2.41. The highest BCUT2D eigenvalue weighted by Crippen LogP contribution is 2.12. The van der Waals surface area contributed by atoms with Crippen LogP contribution < -0.4 is 10.1 Å². The highest BCUT2D eigenvalue weighted by molar-refractivity contribution is 5.27. The van der Waals surface area contributed by atoms with E-state index in [4.69, 9.17) is 14.7 Å². The van der Waals surface area contributed by atoms with Gasteiger partial charge in [-0.3, -0.25) is 4.90 Å². The molecule has 1 atom stereocenters. The smallest absolute Gasteiger partial charge is 0.174 e. The maximum absolute atomic E-state index is 8.46. The predicted molar refractivity (Wildman–Crippen MR) is 81.1 cm³/mol. The molecule has 1 aliphatic heterocycles. The highest BCUT2D eigenvalue weighted by atomic mass is 16.5. The summed E-state index contributed by atoms with van der Waals surface area (Å²) in [7, 11) is 0. The topological polar surface area (TPSA) is 57.5 Å². The molecule has 1 N–H and O–H groups in total. The van der Waals surface area contributed by atoms with Crippen molar-refractivity contribution in [1.29, 1.82) is 5.26 Å². The average molecular weight is 289 g/mol. The molecule has 0 aromatic heterocycles. The third-order valence-electron chi connectivity index (χ3n) is 3.60. The fourth-order valence-electron chi connectivity index (χ4n) is 2.39. The molecule has 114 valence electrons. The van der Waals surface area contributed by atoms with Gasteiger partial charge in [0.25, 0.3) is 0 Å². The Hall–Kier alpha value is -1.61. The largest absolute Gasteiger partial charge is 0.479 e. The first-order chi connectivity index (χ1) is 10.3. The highest BCUT2D eigenvalue weighted by Gasteiger charge is 2.18. The lowest BCUT2D eigenvalue weighted by Gasteiger charge is -2.32. The van der Waals surface area contributed by atoms with Gasteiger partial charge in [-0.25, -0.2) is 0 Å². The van der Waals surface area contributed by atoms with Gasteiger partial charge in [-0.2, -0.15) is 5.26 Å². The molecule has 2 rings (SSSR count). The zero-order valence-corrected chi connectivity index (χ0v) is 12.5. The summed E-state index contributed by atoms with van der Waals surface area (Å²) in [6.07, 6.45) is 0.275. The van der Waals surface area contributed by atoms with E-state index in [1.54, 1.807) is 0 Å². The van der Waals surface area contributed by atoms with E-state index in [1.165, 1.54) is 5.56 Å². The normalized spacial score (nSPS) is 19.1. The molecular formula is C16H23N3O2. The fraction of sp³-hybridized carbons (Fsp3) is 0.562. The Morgan fingerprint density at radius 1 is 1.43 bits per heavy atom. The molecule has 0 spiro atoms. The van der Waals surface area contributed by atoms with E-state index >= 15 is 0 Å². The maximum Gasteiger partial charge on any atom is 0.174 e. The molecule has 0 aliphatic carbocycles. The first-order valence-electron chi connectivity index (χ1n) is 7.45. The summed E-state index contributed by atoms with van der Waals surface area (Å²) in [6.45, 7) is 7.90. The van der Waals surface area contributed by atoms with Crippen LogP contribution >= 0.6 is 0 Å². The summed E-state index contributed by atoms with van der Waals surface area (Å²) in [5, 5.41) is 11.9. The van der Waals surface area contributed by atoms with Crippen LogP contribution in [0.1, 0.15) is 12.5 Å². The van der Waals surface area contributed by atoms with Crippen molar-refractivity contribution in [3.05, 3.63) is 29.8 Å². The van der Waals surface area contributed by atoms with Crippen LogP contribution in [0.3, 0.4) is 0 Å². The summed E-state index contributed by atoms with van der Waals surface area (Å²) >= 11 is 0. The molecule has 1 fully saturated rings. The Morgan fingerprint density at radius 3 is 2.95 bits per heavy atom. The number of nitrogens with zero attached hydrogens (tertiary/aromatic N) is 2. The Balaban J connectivity index is 1.69. The summed E-state index contributed by atoms with van der Waals surface area (Å²) in [6, 6.07) is 9.77. The Labute approximate surface area is 126 Å². The molecule has 0 bridgehead atoms. The summed E-state index contributed by atoms with van der Waals surface area (Å²) in [5.41, 5.74) is 1.20. The van der Waals surface area contributed by atoms with Crippen LogP contribution in [0.2, 0.25) is 0 Å². The molecule has 1 aromatic rings. The number of hydrogen-bond donors (Lipinski definition) is 1. The molecule has 5 nitrogen and oxygen atoms in total. The number of ether oxygens (including phenoxy) is 2. The van der Waals surface area contributed by atoms with Gasteiger partial charge in [-0.1, -0.05) is 19.1 Å². The summed E-state index contributed by atoms with van der Waals surface area (Å²) in [5.74, 6) is 0.731. The fourth-order valence-corrected chi connectivity index (χ4v) is 2.39. The lowest BCUT2D eigenvalue weighted by atomic mass is 10.2. The standard InChI is InChI=1S/C16H23N3O2/c1-2-19-8-10-21-16(13-19)12-18-11-14-3-5-15(6-4-14)20-9-7-17/h3-6,16,18H,2,8-13H2,1H3. The van der Waals surface area contributed by atoms with Crippen molar-refractivity contribution >= 4 is 0 Å². The van der Waals surface area contributed by atoms with Crippen LogP contribution in [-0.4, -0.2) is 50.4 Å². The molecule has 1 aliphatic rings. The second-order valence-electron chi connectivity index (χ2n) is 5.11. The third-order valence-corrected chi connectivity index (χ3v) is 3.60. The number of nitriles is 1. The van der Waals surface area contributed by atoms with Gasteiger partial charge in [0.15, 0.2) is 6.61 Å². The van der Waals surface area contributed by atoms with Crippen LogP contribution in [0.4, 0.5) is 0 Å². The monoisotopic (exact) mass is 289 g/mol. The van der Waals surface area contributed by atoms with Crippen LogP contribution in [0.25, 0.3) is 0 Å². The van der Waals surface area contributed by atoms with Gasteiger partial charge < -0.3 is 14.8 Å². The molecule has 0 saturated carbocycles. The third kappa shape index (κ3) is 5.35. The Morgan fingerprint density at radius 2 is 2.24 bits per heavy atom. The van der Waals surface area contributed by atoms with Crippen LogP contribution in [0.5, 0.6) is 5.75 Å². The second-order valence-corrected chi connectivity index (χ2v) is 5.11. The Bertz CT molecular complexity index is 456. The van der Waals surface area contributed by atoms with Gasteiger partial charge in [-0.15, -0.1) is 0 Å². The van der Waals surface area contributed by atoms with Gasteiger partial charge in [0.2, 0.25) is 0 Å². The maximum atomic E-state index is 8.46. The van der Waals surface area contributed by atoms with Gasteiger partial charge in [0.1, 0.15) is 11.8 Å². The molecular weight excluding hydrogens is 266 g/mol. The number of hydrogen-bond acceptors (Lipinski definition) is 5. The minimum Gasteiger partial charge on any atom is -0.479 e. The zero-order chi connectivity index (χ0) is 14.9. The first kappa shape index (κ1) is 15.8. The molecule has 0 amide bonds. The lowest BCUT2D eigenvalue weighted by molar-refractivity contribution is -0.0253. The van der Waals surface area contributed by atoms with Crippen LogP contribution in [-0.2, 0) is 11.3 Å². The molecule has 1 heterocycles. The van der Waals surface area contributed by atoms with E-state index in [0.717, 1.165) is 45.1 Å². The van der Waals surface area contributed by atoms with Gasteiger partial charge in [0, 0.05) is 26.2 Å². The number of rotatable bonds is 7. The SMILES string of the molecule is CCN1CCOC(CNCc2ccc(OCC#N)cc2)C1. The lowest BCUT2D eigenvalue weighted by Crippen LogP contribution is -2.46. The van der Waals surface area contributed by atoms with Crippen molar-refractivity contribution in [2.24, 2.45) is 0 Å². The van der Waals surface area contributed by atoms with Crippen molar-refractivity contribution in [1.82, 2.24) is 10.2 Å². The van der Waals surface area contributed by atoms with Crippen molar-refractivity contribution in [3.63, 3.8) is 0 Å². The first-order valence-corrected chi connectivity index (χ1v) is 7.45. The van der Waals surface area contributed by atoms with Gasteiger partial charge in [0.05, 0.1) is 12.7 Å². The number of morpholine rings is 1. The van der Waals surface area contributed by atoms with E-state index in [0.29, 0.717) is 0 Å². The van der Waals surface area contributed by atoms with Crippen molar-refractivity contribution in [2.75, 3.05) is 39.4 Å².